The number of hydrogen-bond acceptors (Lipinski definition) is 1. The molecule has 2 nitrogen and oxygen atoms in total. The molecule has 0 saturated heterocycles. The van der Waals surface area contributed by atoms with Gasteiger partial charge in [0, 0.05) is 17.1 Å². The van der Waals surface area contributed by atoms with Gasteiger partial charge in [-0.15, -0.1) is 0 Å². The molecule has 0 saturated carbocycles. The van der Waals surface area contributed by atoms with Crippen LogP contribution in [-0.4, -0.2) is 9.79 Å². The Hall–Kier alpha value is 1.44. The van der Waals surface area contributed by atoms with Gasteiger partial charge >= 0.3 is 0 Å². The van der Waals surface area contributed by atoms with E-state index in [1.54, 1.807) is 0 Å². The van der Waals surface area contributed by atoms with Gasteiger partial charge in [-0.25, -0.2) is 0 Å². The normalized spacial score (nSPS) is 9.83. The number of thiol groups is 1. The van der Waals surface area contributed by atoms with Crippen molar-refractivity contribution in [2.75, 3.05) is 0 Å². The summed E-state index contributed by atoms with van der Waals surface area (Å²) < 4.78 is 0. The maximum Gasteiger partial charge on any atom is 0.239 e. The van der Waals surface area contributed by atoms with Gasteiger partial charge in [-0.2, -0.15) is 0 Å². The van der Waals surface area contributed by atoms with Gasteiger partial charge in [-0.3, -0.25) is 0 Å². The molecule has 2 N–H and O–H groups in total. The van der Waals surface area contributed by atoms with Gasteiger partial charge in [-0.05, 0) is 11.8 Å². The van der Waals surface area contributed by atoms with E-state index in [0.717, 1.165) is 0 Å². The molecule has 0 aromatic heterocycles. The Labute approximate surface area is 56.8 Å². The van der Waals surface area contributed by atoms with Crippen molar-refractivity contribution in [1.82, 2.24) is 0 Å². The molecule has 0 aliphatic heterocycles. The van der Waals surface area contributed by atoms with Crippen molar-refractivity contribution in [3.05, 3.63) is 0 Å². The second-order valence-electron chi connectivity index (χ2n) is 0.513. The first-order chi connectivity index (χ1) is 2.00. The maximum absolute atomic E-state index is 7.87. The zero-order valence-electron chi connectivity index (χ0n) is 2.58. The summed E-state index contributed by atoms with van der Waals surface area (Å²) >= 11 is 7.07. The molecule has 0 atom stereocenters. The van der Waals surface area contributed by atoms with Crippen LogP contribution in [-0.2, 0) is 28.9 Å². The topological polar surface area (TPSA) is 40.5 Å². The summed E-state index contributed by atoms with van der Waals surface area (Å²) in [6.45, 7) is 0. The third-order valence-electron chi connectivity index (χ3n) is 0. The van der Waals surface area contributed by atoms with Crippen molar-refractivity contribution >= 4 is 29.7 Å². The number of rotatable bonds is 0. The van der Waals surface area contributed by atoms with E-state index in [1.165, 1.54) is 0 Å². The SMILES string of the molecule is OP(O)(=S)S.[Mn]. The van der Waals surface area contributed by atoms with Gasteiger partial charge in [0.15, 0.2) is 0 Å². The minimum atomic E-state index is -3.11. The Morgan fingerprint density at radius 1 is 1.50 bits per heavy atom. The summed E-state index contributed by atoms with van der Waals surface area (Å²) in [4.78, 5) is 15.7. The summed E-state index contributed by atoms with van der Waals surface area (Å²) in [5, 5.41) is 0. The van der Waals surface area contributed by atoms with E-state index in [-0.39, 0.29) is 17.1 Å². The molecule has 0 aliphatic rings. The molecule has 0 bridgehead atoms. The molecule has 39 valence electrons. The molecule has 0 unspecified atom stereocenters. The Morgan fingerprint density at radius 3 is 1.50 bits per heavy atom. The zero-order chi connectivity index (χ0) is 4.50. The summed E-state index contributed by atoms with van der Waals surface area (Å²) in [6.07, 6.45) is 0. The summed E-state index contributed by atoms with van der Waals surface area (Å²) in [7, 11) is 0. The van der Waals surface area contributed by atoms with Crippen LogP contribution in [0.2, 0.25) is 0 Å². The summed E-state index contributed by atoms with van der Waals surface area (Å²) in [5.41, 5.74) is -3.11. The number of hydrogen-bond donors (Lipinski definition) is 3. The summed E-state index contributed by atoms with van der Waals surface area (Å²) in [5.74, 6) is 0. The molecule has 0 fully saturated rings. The second-order valence-corrected chi connectivity index (χ2v) is 5.55. The quantitative estimate of drug-likeness (QED) is 0.285. The van der Waals surface area contributed by atoms with E-state index in [4.69, 9.17) is 9.79 Å². The first kappa shape index (κ1) is 10.4. The molecular weight excluding hydrogens is 182 g/mol. The van der Waals surface area contributed by atoms with Crippen LogP contribution in [0.4, 0.5) is 0 Å². The van der Waals surface area contributed by atoms with Gasteiger partial charge in [-0.1, -0.05) is 12.2 Å². The van der Waals surface area contributed by atoms with E-state index in [0.29, 0.717) is 0 Å². The third kappa shape index (κ3) is 51.7. The fourth-order valence-corrected chi connectivity index (χ4v) is 0. The molecule has 0 heterocycles. The molecule has 0 aromatic rings. The standard InChI is InChI=1S/Mn.H3O2PS2/c;1-3(2,4)5/h;(H3,1,2,4,5). The van der Waals surface area contributed by atoms with Crippen LogP contribution in [0, 0.1) is 0 Å². The molecule has 0 amide bonds. The van der Waals surface area contributed by atoms with E-state index in [9.17, 15) is 0 Å². The molecule has 0 spiro atoms. The monoisotopic (exact) mass is 185 g/mol. The second kappa shape index (κ2) is 3.44. The maximum atomic E-state index is 7.87. The van der Waals surface area contributed by atoms with Crippen molar-refractivity contribution in [1.29, 1.82) is 0 Å². The first-order valence-corrected chi connectivity index (χ1v) is 4.64. The largest absolute Gasteiger partial charge is 0.338 e. The van der Waals surface area contributed by atoms with E-state index in [2.05, 4.69) is 24.1 Å². The smallest absolute Gasteiger partial charge is 0.239 e. The van der Waals surface area contributed by atoms with Crippen LogP contribution in [0.25, 0.3) is 0 Å². The van der Waals surface area contributed by atoms with E-state index in [1.807, 2.05) is 0 Å². The van der Waals surface area contributed by atoms with Gasteiger partial charge in [0.2, 0.25) is 5.69 Å². The first-order valence-electron chi connectivity index (χ1n) is 0.783. The Balaban J connectivity index is 0. The van der Waals surface area contributed by atoms with Crippen molar-refractivity contribution in [3.63, 3.8) is 0 Å². The van der Waals surface area contributed by atoms with Crippen molar-refractivity contribution in [3.8, 4) is 0 Å². The van der Waals surface area contributed by atoms with Crippen LogP contribution < -0.4 is 0 Å². The fraction of sp³-hybridized carbons (Fsp3) is 0. The van der Waals surface area contributed by atoms with E-state index < -0.39 is 5.69 Å². The van der Waals surface area contributed by atoms with Crippen molar-refractivity contribution in [2.24, 2.45) is 0 Å². The van der Waals surface area contributed by atoms with Crippen molar-refractivity contribution < 1.29 is 26.9 Å². The predicted molar refractivity (Wildman–Crippen MR) is 27.7 cm³/mol. The molecule has 6 heteroatoms. The van der Waals surface area contributed by atoms with Crippen LogP contribution in [0.5, 0.6) is 0 Å². The predicted octanol–water partition coefficient (Wildman–Crippen LogP) is 0.123. The summed E-state index contributed by atoms with van der Waals surface area (Å²) in [6, 6.07) is 0. The Morgan fingerprint density at radius 2 is 1.50 bits per heavy atom. The van der Waals surface area contributed by atoms with Crippen molar-refractivity contribution in [2.45, 2.75) is 0 Å². The Bertz CT molecular complexity index is 57.7. The molecule has 0 aliphatic carbocycles. The van der Waals surface area contributed by atoms with Gasteiger partial charge < -0.3 is 9.79 Å². The van der Waals surface area contributed by atoms with Gasteiger partial charge in [0.25, 0.3) is 0 Å². The molecule has 0 aromatic carbocycles. The third-order valence-corrected chi connectivity index (χ3v) is 0. The van der Waals surface area contributed by atoms with Gasteiger partial charge in [0.05, 0.1) is 0 Å². The average Bonchev–Trinajstić information content (AvgIpc) is 0.722. The zero-order valence-corrected chi connectivity index (χ0v) is 6.36. The molecule has 1 radical (unpaired) electrons. The molecule has 6 heavy (non-hydrogen) atoms. The van der Waals surface area contributed by atoms with Crippen LogP contribution >= 0.6 is 17.9 Å². The average molecular weight is 185 g/mol. The van der Waals surface area contributed by atoms with E-state index >= 15 is 0 Å². The van der Waals surface area contributed by atoms with Crippen LogP contribution in [0.15, 0.2) is 0 Å². The molecule has 0 rings (SSSR count). The fourth-order valence-electron chi connectivity index (χ4n) is 0. The minimum Gasteiger partial charge on any atom is -0.338 e. The minimum absolute atomic E-state index is 0. The van der Waals surface area contributed by atoms with Crippen LogP contribution in [0.1, 0.15) is 0 Å². The Kier molecular flexibility index (Phi) is 5.98. The van der Waals surface area contributed by atoms with Crippen LogP contribution in [0.3, 0.4) is 0 Å². The van der Waals surface area contributed by atoms with Gasteiger partial charge in [0.1, 0.15) is 0 Å². The molecular formula is H3MnO2PS2.